The molecule has 0 aliphatic carbocycles. The van der Waals surface area contributed by atoms with Crippen LogP contribution < -0.4 is 5.73 Å². The minimum atomic E-state index is 0.730. The van der Waals surface area contributed by atoms with Gasteiger partial charge in [-0.3, -0.25) is 0 Å². The molecule has 3 N–H and O–H groups in total. The van der Waals surface area contributed by atoms with E-state index in [2.05, 4.69) is 50.0 Å². The Morgan fingerprint density at radius 3 is 2.38 bits per heavy atom. The van der Waals surface area contributed by atoms with Crippen LogP contribution in [0, 0.1) is 20.8 Å². The summed E-state index contributed by atoms with van der Waals surface area (Å²) in [5.41, 5.74) is 14.4. The number of nitrogens with two attached hydrogens (primary N) is 1. The van der Waals surface area contributed by atoms with Crippen molar-refractivity contribution in [1.82, 2.24) is 4.98 Å². The van der Waals surface area contributed by atoms with E-state index in [1.807, 2.05) is 6.07 Å². The summed E-state index contributed by atoms with van der Waals surface area (Å²) in [6, 6.07) is 10.8. The van der Waals surface area contributed by atoms with Crippen LogP contribution in [-0.2, 0) is 6.42 Å². The summed E-state index contributed by atoms with van der Waals surface area (Å²) < 4.78 is 0. The Labute approximate surface area is 149 Å². The van der Waals surface area contributed by atoms with Crippen LogP contribution in [0.25, 0.3) is 22.2 Å². The molecule has 1 heterocycles. The molecule has 0 amide bonds. The van der Waals surface area contributed by atoms with E-state index in [1.54, 1.807) is 0 Å². The largest absolute Gasteiger partial charge is 0.354 e. The van der Waals surface area contributed by atoms with Crippen LogP contribution in [0.1, 0.15) is 35.1 Å². The predicted molar refractivity (Wildman–Crippen MR) is 105 cm³/mol. The van der Waals surface area contributed by atoms with Gasteiger partial charge in [0.15, 0.2) is 0 Å². The van der Waals surface area contributed by atoms with E-state index in [4.69, 9.17) is 17.3 Å². The minimum Gasteiger partial charge on any atom is -0.354 e. The summed E-state index contributed by atoms with van der Waals surface area (Å²) in [5.74, 6) is 0. The SMILES string of the molecule is Cc1cc(C)cc(-c2[nH]c3c(C)ccc(Cl)c3c2CCCCN)c1. The molecule has 0 unspecified atom stereocenters. The maximum Gasteiger partial charge on any atom is 0.0506 e. The highest BCUT2D eigenvalue weighted by atomic mass is 35.5. The molecule has 0 spiro atoms. The van der Waals surface area contributed by atoms with Gasteiger partial charge in [-0.2, -0.15) is 0 Å². The molecule has 126 valence electrons. The number of hydrogen-bond donors (Lipinski definition) is 2. The number of nitrogens with one attached hydrogen (secondary N) is 1. The fourth-order valence-electron chi connectivity index (χ4n) is 3.52. The van der Waals surface area contributed by atoms with Crippen molar-refractivity contribution in [2.75, 3.05) is 6.54 Å². The molecule has 0 saturated carbocycles. The van der Waals surface area contributed by atoms with E-state index >= 15 is 0 Å². The molecule has 0 saturated heterocycles. The van der Waals surface area contributed by atoms with Gasteiger partial charge in [-0.05, 0) is 81.5 Å². The van der Waals surface area contributed by atoms with Gasteiger partial charge < -0.3 is 10.7 Å². The zero-order chi connectivity index (χ0) is 17.3. The van der Waals surface area contributed by atoms with Crippen molar-refractivity contribution >= 4 is 22.5 Å². The third kappa shape index (κ3) is 3.22. The average molecular weight is 341 g/mol. The summed E-state index contributed by atoms with van der Waals surface area (Å²) in [6.45, 7) is 7.15. The van der Waals surface area contributed by atoms with E-state index in [0.29, 0.717) is 0 Å². The summed E-state index contributed by atoms with van der Waals surface area (Å²) in [6.07, 6.45) is 3.09. The highest BCUT2D eigenvalue weighted by Gasteiger charge is 2.17. The highest BCUT2D eigenvalue weighted by molar-refractivity contribution is 6.36. The molecule has 3 heteroatoms. The summed E-state index contributed by atoms with van der Waals surface area (Å²) in [7, 11) is 0. The summed E-state index contributed by atoms with van der Waals surface area (Å²) in [5, 5.41) is 1.99. The molecule has 0 fully saturated rings. The van der Waals surface area contributed by atoms with Crippen LogP contribution in [0.15, 0.2) is 30.3 Å². The Morgan fingerprint density at radius 1 is 1.00 bits per heavy atom. The first-order valence-corrected chi connectivity index (χ1v) is 8.97. The number of hydrogen-bond acceptors (Lipinski definition) is 1. The number of rotatable bonds is 5. The molecule has 3 rings (SSSR count). The molecular weight excluding hydrogens is 316 g/mol. The molecule has 0 aliphatic rings. The summed E-state index contributed by atoms with van der Waals surface area (Å²) >= 11 is 6.57. The molecule has 0 atom stereocenters. The first-order chi connectivity index (χ1) is 11.5. The number of aromatic nitrogens is 1. The number of aryl methyl sites for hydroxylation is 4. The van der Waals surface area contributed by atoms with Crippen LogP contribution in [0.3, 0.4) is 0 Å². The first kappa shape index (κ1) is 17.1. The van der Waals surface area contributed by atoms with Gasteiger partial charge in [-0.15, -0.1) is 0 Å². The predicted octanol–water partition coefficient (Wildman–Crippen LogP) is 5.69. The van der Waals surface area contributed by atoms with Gasteiger partial charge in [0.25, 0.3) is 0 Å². The minimum absolute atomic E-state index is 0.730. The first-order valence-electron chi connectivity index (χ1n) is 8.59. The molecule has 2 aromatic carbocycles. The van der Waals surface area contributed by atoms with E-state index in [0.717, 1.165) is 36.3 Å². The van der Waals surface area contributed by atoms with Crippen LogP contribution in [0.4, 0.5) is 0 Å². The Kier molecular flexibility index (Phi) is 4.98. The van der Waals surface area contributed by atoms with Crippen LogP contribution in [0.2, 0.25) is 5.02 Å². The van der Waals surface area contributed by atoms with Crippen LogP contribution in [0.5, 0.6) is 0 Å². The monoisotopic (exact) mass is 340 g/mol. The second kappa shape index (κ2) is 7.00. The van der Waals surface area contributed by atoms with Gasteiger partial charge in [-0.25, -0.2) is 0 Å². The molecule has 3 aromatic rings. The normalized spacial score (nSPS) is 11.4. The standard InChI is InChI=1S/C21H25ClN2/c1-13-10-14(2)12-16(11-13)21-17(6-4-5-9-23)19-18(22)8-7-15(3)20(19)24-21/h7-8,10-12,24H,4-6,9,23H2,1-3H3. The molecule has 0 bridgehead atoms. The second-order valence-corrected chi connectivity index (χ2v) is 7.12. The smallest absolute Gasteiger partial charge is 0.0506 e. The highest BCUT2D eigenvalue weighted by Crippen LogP contribution is 2.37. The molecule has 1 aromatic heterocycles. The third-order valence-electron chi connectivity index (χ3n) is 4.61. The fraction of sp³-hybridized carbons (Fsp3) is 0.333. The lowest BCUT2D eigenvalue weighted by Crippen LogP contribution is -1.99. The maximum absolute atomic E-state index is 6.57. The van der Waals surface area contributed by atoms with Gasteiger partial charge in [0.05, 0.1) is 10.5 Å². The molecule has 2 nitrogen and oxygen atoms in total. The van der Waals surface area contributed by atoms with Crippen molar-refractivity contribution in [1.29, 1.82) is 0 Å². The number of unbranched alkanes of at least 4 members (excludes halogenated alkanes) is 1. The Hall–Kier alpha value is -1.77. The average Bonchev–Trinajstić information content (AvgIpc) is 2.91. The zero-order valence-electron chi connectivity index (χ0n) is 14.7. The van der Waals surface area contributed by atoms with Crippen molar-refractivity contribution < 1.29 is 0 Å². The van der Waals surface area contributed by atoms with Gasteiger partial charge in [0, 0.05) is 11.1 Å². The van der Waals surface area contributed by atoms with Crippen molar-refractivity contribution in [2.45, 2.75) is 40.0 Å². The fourth-order valence-corrected chi connectivity index (χ4v) is 3.80. The lowest BCUT2D eigenvalue weighted by molar-refractivity contribution is 0.748. The number of benzene rings is 2. The van der Waals surface area contributed by atoms with E-state index in [1.165, 1.54) is 38.9 Å². The molecule has 0 radical (unpaired) electrons. The van der Waals surface area contributed by atoms with Gasteiger partial charge in [0.1, 0.15) is 0 Å². The van der Waals surface area contributed by atoms with Crippen LogP contribution >= 0.6 is 11.6 Å². The topological polar surface area (TPSA) is 41.8 Å². The molecule has 0 aliphatic heterocycles. The lowest BCUT2D eigenvalue weighted by atomic mass is 9.97. The molecule has 24 heavy (non-hydrogen) atoms. The number of halogens is 1. The number of fused-ring (bicyclic) bond motifs is 1. The number of H-pyrrole nitrogens is 1. The summed E-state index contributed by atoms with van der Waals surface area (Å²) in [4.78, 5) is 3.66. The lowest BCUT2D eigenvalue weighted by Gasteiger charge is -2.08. The van der Waals surface area contributed by atoms with Crippen molar-refractivity contribution in [3.05, 3.63) is 57.6 Å². The van der Waals surface area contributed by atoms with Crippen molar-refractivity contribution in [2.24, 2.45) is 5.73 Å². The van der Waals surface area contributed by atoms with Gasteiger partial charge in [-0.1, -0.05) is 34.9 Å². The van der Waals surface area contributed by atoms with Crippen molar-refractivity contribution in [3.8, 4) is 11.3 Å². The van der Waals surface area contributed by atoms with Gasteiger partial charge in [0.2, 0.25) is 0 Å². The van der Waals surface area contributed by atoms with Crippen molar-refractivity contribution in [3.63, 3.8) is 0 Å². The second-order valence-electron chi connectivity index (χ2n) is 6.72. The third-order valence-corrected chi connectivity index (χ3v) is 4.92. The van der Waals surface area contributed by atoms with Crippen LogP contribution in [-0.4, -0.2) is 11.5 Å². The Morgan fingerprint density at radius 2 is 1.71 bits per heavy atom. The van der Waals surface area contributed by atoms with E-state index < -0.39 is 0 Å². The van der Waals surface area contributed by atoms with E-state index in [9.17, 15) is 0 Å². The Bertz CT molecular complexity index is 857. The Balaban J connectivity index is 2.23. The quantitative estimate of drug-likeness (QED) is 0.575. The number of aromatic amines is 1. The van der Waals surface area contributed by atoms with Gasteiger partial charge >= 0.3 is 0 Å². The van der Waals surface area contributed by atoms with E-state index in [-0.39, 0.29) is 0 Å². The molecular formula is C21H25ClN2. The zero-order valence-corrected chi connectivity index (χ0v) is 15.4. The maximum atomic E-state index is 6.57.